The van der Waals surface area contributed by atoms with Gasteiger partial charge in [-0.1, -0.05) is 36.4 Å². The fourth-order valence-corrected chi connectivity index (χ4v) is 2.23. The van der Waals surface area contributed by atoms with Crippen LogP contribution in [0.3, 0.4) is 0 Å². The standard InChI is InChI=1S/C18H26N2/c1-7-17(12-15(5)19-8-2)20-16(6)18-10-9-13(3)11-14(18)4/h7,9-11,19H,5,8,12H2,1-4,6H3/b17-7-,20-16?. The van der Waals surface area contributed by atoms with Gasteiger partial charge < -0.3 is 5.32 Å². The van der Waals surface area contributed by atoms with Crippen LogP contribution in [0.5, 0.6) is 0 Å². The Bertz CT molecular complexity index is 536. The van der Waals surface area contributed by atoms with Crippen LogP contribution in [0.2, 0.25) is 0 Å². The quantitative estimate of drug-likeness (QED) is 0.755. The first-order valence-electron chi connectivity index (χ1n) is 7.17. The van der Waals surface area contributed by atoms with Crippen molar-refractivity contribution in [2.45, 2.75) is 41.0 Å². The molecule has 0 heterocycles. The molecular formula is C18H26N2. The van der Waals surface area contributed by atoms with Crippen LogP contribution in [0, 0.1) is 13.8 Å². The normalized spacial score (nSPS) is 12.4. The number of allylic oxidation sites excluding steroid dienone is 1. The van der Waals surface area contributed by atoms with E-state index < -0.39 is 0 Å². The second-order valence-corrected chi connectivity index (χ2v) is 5.11. The number of benzene rings is 1. The number of nitrogens with zero attached hydrogens (tertiary/aromatic N) is 1. The van der Waals surface area contributed by atoms with E-state index in [1.165, 1.54) is 16.7 Å². The molecule has 1 N–H and O–H groups in total. The maximum absolute atomic E-state index is 4.75. The maximum atomic E-state index is 4.75. The van der Waals surface area contributed by atoms with Crippen LogP contribution < -0.4 is 5.32 Å². The zero-order valence-corrected chi connectivity index (χ0v) is 13.4. The highest BCUT2D eigenvalue weighted by molar-refractivity contribution is 6.00. The molecule has 0 unspecified atom stereocenters. The highest BCUT2D eigenvalue weighted by Gasteiger charge is 2.04. The van der Waals surface area contributed by atoms with Crippen molar-refractivity contribution in [3.05, 3.63) is 58.9 Å². The molecule has 0 atom stereocenters. The van der Waals surface area contributed by atoms with Crippen molar-refractivity contribution in [1.29, 1.82) is 0 Å². The SMILES string of the molecule is C=C(C/C(=C/C)N=C(C)c1ccc(C)cc1C)NCC. The number of hydrogen-bond donors (Lipinski definition) is 1. The van der Waals surface area contributed by atoms with Gasteiger partial charge in [0.1, 0.15) is 0 Å². The molecular weight excluding hydrogens is 244 g/mol. The molecule has 0 saturated heterocycles. The molecule has 1 rings (SSSR count). The van der Waals surface area contributed by atoms with Crippen LogP contribution in [-0.4, -0.2) is 12.3 Å². The van der Waals surface area contributed by atoms with E-state index in [9.17, 15) is 0 Å². The monoisotopic (exact) mass is 270 g/mol. The average Bonchev–Trinajstić information content (AvgIpc) is 2.37. The van der Waals surface area contributed by atoms with Crippen LogP contribution in [0.25, 0.3) is 0 Å². The Balaban J connectivity index is 2.93. The number of hydrogen-bond acceptors (Lipinski definition) is 2. The molecule has 0 aliphatic carbocycles. The highest BCUT2D eigenvalue weighted by Crippen LogP contribution is 2.15. The molecule has 0 fully saturated rings. The molecule has 0 aliphatic heterocycles. The van der Waals surface area contributed by atoms with Crippen molar-refractivity contribution in [3.63, 3.8) is 0 Å². The number of aryl methyl sites for hydroxylation is 2. The minimum Gasteiger partial charge on any atom is -0.389 e. The summed E-state index contributed by atoms with van der Waals surface area (Å²) < 4.78 is 0. The number of aliphatic imine (C=N–C) groups is 1. The largest absolute Gasteiger partial charge is 0.389 e. The molecule has 2 heteroatoms. The van der Waals surface area contributed by atoms with Gasteiger partial charge in [-0.05, 0) is 45.7 Å². The lowest BCUT2D eigenvalue weighted by Crippen LogP contribution is -2.11. The van der Waals surface area contributed by atoms with Crippen molar-refractivity contribution in [3.8, 4) is 0 Å². The fourth-order valence-electron chi connectivity index (χ4n) is 2.23. The van der Waals surface area contributed by atoms with Gasteiger partial charge in [0.05, 0.1) is 0 Å². The molecule has 0 radical (unpaired) electrons. The molecule has 2 nitrogen and oxygen atoms in total. The minimum absolute atomic E-state index is 0.770. The van der Waals surface area contributed by atoms with E-state index >= 15 is 0 Å². The summed E-state index contributed by atoms with van der Waals surface area (Å²) in [6.07, 6.45) is 2.82. The van der Waals surface area contributed by atoms with Crippen molar-refractivity contribution in [2.24, 2.45) is 4.99 Å². The Kier molecular flexibility index (Phi) is 6.23. The summed E-state index contributed by atoms with van der Waals surface area (Å²) in [5.41, 5.74) is 6.88. The Hall–Kier alpha value is -1.83. The highest BCUT2D eigenvalue weighted by atomic mass is 14.9. The van der Waals surface area contributed by atoms with E-state index in [2.05, 4.69) is 63.9 Å². The van der Waals surface area contributed by atoms with Gasteiger partial charge in [-0.3, -0.25) is 4.99 Å². The zero-order valence-electron chi connectivity index (χ0n) is 13.4. The molecule has 108 valence electrons. The molecule has 20 heavy (non-hydrogen) atoms. The van der Waals surface area contributed by atoms with Crippen LogP contribution in [0.4, 0.5) is 0 Å². The van der Waals surface area contributed by atoms with E-state index in [0.717, 1.165) is 30.1 Å². The summed E-state index contributed by atoms with van der Waals surface area (Å²) in [5, 5.41) is 3.24. The third-order valence-electron chi connectivity index (χ3n) is 3.24. The van der Waals surface area contributed by atoms with E-state index in [1.54, 1.807) is 0 Å². The third kappa shape index (κ3) is 4.69. The summed E-state index contributed by atoms with van der Waals surface area (Å²) in [6, 6.07) is 6.48. The summed E-state index contributed by atoms with van der Waals surface area (Å²) in [4.78, 5) is 4.75. The van der Waals surface area contributed by atoms with E-state index in [1.807, 2.05) is 6.92 Å². The summed E-state index contributed by atoms with van der Waals surface area (Å²) >= 11 is 0. The topological polar surface area (TPSA) is 24.4 Å². The smallest absolute Gasteiger partial charge is 0.0450 e. The maximum Gasteiger partial charge on any atom is 0.0450 e. The van der Waals surface area contributed by atoms with E-state index in [0.29, 0.717) is 0 Å². The predicted molar refractivity (Wildman–Crippen MR) is 89.3 cm³/mol. The van der Waals surface area contributed by atoms with Gasteiger partial charge in [0.15, 0.2) is 0 Å². The van der Waals surface area contributed by atoms with Gasteiger partial charge in [-0.25, -0.2) is 0 Å². The van der Waals surface area contributed by atoms with Gasteiger partial charge in [0, 0.05) is 30.1 Å². The predicted octanol–water partition coefficient (Wildman–Crippen LogP) is 4.53. The summed E-state index contributed by atoms with van der Waals surface area (Å²) in [7, 11) is 0. The average molecular weight is 270 g/mol. The van der Waals surface area contributed by atoms with Crippen LogP contribution >= 0.6 is 0 Å². The Morgan fingerprint density at radius 3 is 2.60 bits per heavy atom. The summed E-state index contributed by atoms with van der Waals surface area (Å²) in [6.45, 7) is 15.3. The van der Waals surface area contributed by atoms with Gasteiger partial charge >= 0.3 is 0 Å². The molecule has 0 aromatic heterocycles. The van der Waals surface area contributed by atoms with Crippen LogP contribution in [-0.2, 0) is 0 Å². The van der Waals surface area contributed by atoms with E-state index in [-0.39, 0.29) is 0 Å². The Labute approximate surface area is 123 Å². The number of nitrogens with one attached hydrogen (secondary N) is 1. The second-order valence-electron chi connectivity index (χ2n) is 5.11. The lowest BCUT2D eigenvalue weighted by molar-refractivity contribution is 0.815. The second kappa shape index (κ2) is 7.68. The lowest BCUT2D eigenvalue weighted by Gasteiger charge is -2.10. The molecule has 0 spiro atoms. The third-order valence-corrected chi connectivity index (χ3v) is 3.24. The fraction of sp³-hybridized carbons (Fsp3) is 0.389. The van der Waals surface area contributed by atoms with Gasteiger partial charge in [0.25, 0.3) is 0 Å². The lowest BCUT2D eigenvalue weighted by atomic mass is 10.0. The number of rotatable bonds is 6. The molecule has 0 aliphatic rings. The first-order chi connectivity index (χ1) is 9.47. The van der Waals surface area contributed by atoms with Crippen molar-refractivity contribution < 1.29 is 0 Å². The molecule has 0 bridgehead atoms. The molecule has 1 aromatic rings. The van der Waals surface area contributed by atoms with Gasteiger partial charge in [0.2, 0.25) is 0 Å². The first kappa shape index (κ1) is 16.2. The van der Waals surface area contributed by atoms with Crippen LogP contribution in [0.1, 0.15) is 43.9 Å². The molecule has 0 amide bonds. The minimum atomic E-state index is 0.770. The van der Waals surface area contributed by atoms with Crippen molar-refractivity contribution >= 4 is 5.71 Å². The first-order valence-corrected chi connectivity index (χ1v) is 7.17. The van der Waals surface area contributed by atoms with Gasteiger partial charge in [-0.15, -0.1) is 0 Å². The molecule has 0 saturated carbocycles. The zero-order chi connectivity index (χ0) is 15.1. The summed E-state index contributed by atoms with van der Waals surface area (Å²) in [5.74, 6) is 0. The van der Waals surface area contributed by atoms with Crippen molar-refractivity contribution in [2.75, 3.05) is 6.54 Å². The van der Waals surface area contributed by atoms with Crippen molar-refractivity contribution in [1.82, 2.24) is 5.32 Å². The van der Waals surface area contributed by atoms with Gasteiger partial charge in [-0.2, -0.15) is 0 Å². The molecule has 1 aromatic carbocycles. The van der Waals surface area contributed by atoms with E-state index in [4.69, 9.17) is 4.99 Å². The van der Waals surface area contributed by atoms with Crippen LogP contribution in [0.15, 0.2) is 47.2 Å². The Morgan fingerprint density at radius 1 is 1.35 bits per heavy atom. The Morgan fingerprint density at radius 2 is 2.05 bits per heavy atom.